The molecular weight excluding hydrogens is 342 g/mol. The third-order valence-electron chi connectivity index (χ3n) is 6.66. The Kier molecular flexibility index (Phi) is 7.10. The van der Waals surface area contributed by atoms with Crippen LogP contribution in [0.1, 0.15) is 77.0 Å². The van der Waals surface area contributed by atoms with Crippen molar-refractivity contribution in [3.8, 4) is 0 Å². The number of ketones is 1. The number of unbranched alkanes of at least 4 members (excludes halogenated alkanes) is 1. The summed E-state index contributed by atoms with van der Waals surface area (Å²) in [5, 5.41) is 19.3. The molecule has 5 heteroatoms. The lowest BCUT2D eigenvalue weighted by atomic mass is 9.89. The molecule has 2 N–H and O–H groups in total. The van der Waals surface area contributed by atoms with Gasteiger partial charge in [0.05, 0.1) is 12.1 Å². The van der Waals surface area contributed by atoms with Gasteiger partial charge in [0.15, 0.2) is 5.78 Å². The highest BCUT2D eigenvalue weighted by Gasteiger charge is 2.50. The van der Waals surface area contributed by atoms with Gasteiger partial charge in [-0.25, -0.2) is 0 Å². The van der Waals surface area contributed by atoms with Crippen molar-refractivity contribution >= 4 is 11.8 Å². The number of carbonyl (C=O) groups excluding carboxylic acids is 1. The molecule has 1 saturated heterocycles. The van der Waals surface area contributed by atoms with Crippen LogP contribution < -0.4 is 0 Å². The lowest BCUT2D eigenvalue weighted by molar-refractivity contribution is -0.137. The van der Waals surface area contributed by atoms with Crippen molar-refractivity contribution in [2.75, 3.05) is 13.1 Å². The van der Waals surface area contributed by atoms with Gasteiger partial charge < -0.3 is 10.2 Å². The summed E-state index contributed by atoms with van der Waals surface area (Å²) in [6, 6.07) is -0.0285. The number of aliphatic hydroxyl groups is 1. The molecule has 2 saturated carbocycles. The second-order valence-electron chi connectivity index (χ2n) is 8.93. The normalized spacial score (nSPS) is 26.0. The molecule has 0 aromatic carbocycles. The minimum atomic E-state index is -0.757. The fourth-order valence-electron chi connectivity index (χ4n) is 4.57. The third-order valence-corrected chi connectivity index (χ3v) is 6.66. The molecule has 2 unspecified atom stereocenters. The van der Waals surface area contributed by atoms with Crippen LogP contribution in [-0.4, -0.2) is 52.1 Å². The summed E-state index contributed by atoms with van der Waals surface area (Å²) in [7, 11) is 0. The van der Waals surface area contributed by atoms with Crippen molar-refractivity contribution in [2.24, 2.45) is 11.3 Å². The Morgan fingerprint density at radius 1 is 1.26 bits per heavy atom. The second-order valence-corrected chi connectivity index (χ2v) is 8.93. The quantitative estimate of drug-likeness (QED) is 0.379. The van der Waals surface area contributed by atoms with Crippen LogP contribution in [0.3, 0.4) is 0 Å². The first-order valence-corrected chi connectivity index (χ1v) is 10.8. The zero-order valence-corrected chi connectivity index (χ0v) is 16.4. The molecular formula is C22H35NO4. The maximum absolute atomic E-state index is 12.2. The van der Waals surface area contributed by atoms with Gasteiger partial charge in [0.2, 0.25) is 0 Å². The van der Waals surface area contributed by atoms with Crippen LogP contribution in [-0.2, 0) is 9.59 Å². The number of aliphatic carboxylic acids is 1. The number of rotatable bonds is 13. The van der Waals surface area contributed by atoms with E-state index in [1.807, 2.05) is 12.2 Å². The van der Waals surface area contributed by atoms with Crippen molar-refractivity contribution in [3.05, 3.63) is 12.2 Å². The Morgan fingerprint density at radius 3 is 2.70 bits per heavy atom. The lowest BCUT2D eigenvalue weighted by Crippen LogP contribution is -2.34. The molecule has 1 heterocycles. The zero-order chi connectivity index (χ0) is 19.3. The lowest BCUT2D eigenvalue weighted by Gasteiger charge is -2.25. The van der Waals surface area contributed by atoms with Crippen molar-refractivity contribution in [3.63, 3.8) is 0 Å². The van der Waals surface area contributed by atoms with E-state index < -0.39 is 5.97 Å². The number of carboxylic acids is 1. The molecule has 5 nitrogen and oxygen atoms in total. The van der Waals surface area contributed by atoms with Gasteiger partial charge in [-0.1, -0.05) is 25.0 Å². The van der Waals surface area contributed by atoms with Crippen LogP contribution in [0.4, 0.5) is 0 Å². The number of carboxylic acid groups (broad SMARTS) is 1. The number of aliphatic hydroxyl groups excluding tert-OH is 1. The molecule has 0 aromatic heterocycles. The van der Waals surface area contributed by atoms with Gasteiger partial charge in [-0.15, -0.1) is 0 Å². The summed E-state index contributed by atoms with van der Waals surface area (Å²) in [5.74, 6) is 0.441. The minimum Gasteiger partial charge on any atom is -0.481 e. The summed E-state index contributed by atoms with van der Waals surface area (Å²) in [5.41, 5.74) is 0.236. The maximum atomic E-state index is 12.2. The second kappa shape index (κ2) is 9.33. The van der Waals surface area contributed by atoms with E-state index in [1.54, 1.807) is 0 Å². The number of likely N-dealkylation sites (tertiary alicyclic amines) is 1. The molecule has 0 aromatic rings. The van der Waals surface area contributed by atoms with Gasteiger partial charge in [-0.05, 0) is 69.2 Å². The highest BCUT2D eigenvalue weighted by atomic mass is 16.4. The van der Waals surface area contributed by atoms with Gasteiger partial charge in [0, 0.05) is 19.4 Å². The van der Waals surface area contributed by atoms with E-state index >= 15 is 0 Å². The van der Waals surface area contributed by atoms with Crippen molar-refractivity contribution in [1.82, 2.24) is 4.90 Å². The molecule has 0 spiro atoms. The highest BCUT2D eigenvalue weighted by molar-refractivity contribution is 5.86. The van der Waals surface area contributed by atoms with Gasteiger partial charge in [-0.2, -0.15) is 0 Å². The van der Waals surface area contributed by atoms with E-state index in [2.05, 4.69) is 4.90 Å². The summed E-state index contributed by atoms with van der Waals surface area (Å²) in [4.78, 5) is 25.0. The molecule has 152 valence electrons. The molecule has 3 aliphatic rings. The SMILES string of the molecule is O=C(O)CCCC=CCC1C(=O)CCN1CCCC(O)C1(CC2CC2)CC1. The minimum absolute atomic E-state index is 0.0285. The fourth-order valence-corrected chi connectivity index (χ4v) is 4.57. The topological polar surface area (TPSA) is 77.8 Å². The smallest absolute Gasteiger partial charge is 0.303 e. The van der Waals surface area contributed by atoms with Crippen molar-refractivity contribution in [1.29, 1.82) is 0 Å². The molecule has 27 heavy (non-hydrogen) atoms. The molecule has 3 rings (SSSR count). The Morgan fingerprint density at radius 2 is 2.04 bits per heavy atom. The standard InChI is InChI=1S/C22H35NO4/c24-19-11-15-23(18(19)6-3-1-2-4-8-21(26)27)14-5-7-20(25)22(12-13-22)16-17-9-10-17/h1,3,17-18,20,25H,2,4-16H2,(H,26,27). The van der Waals surface area contributed by atoms with E-state index in [9.17, 15) is 14.7 Å². The van der Waals surface area contributed by atoms with Crippen molar-refractivity contribution < 1.29 is 19.8 Å². The number of allylic oxidation sites excluding steroid dienone is 1. The number of hydrogen-bond acceptors (Lipinski definition) is 4. The highest BCUT2D eigenvalue weighted by Crippen LogP contribution is 2.57. The average Bonchev–Trinajstić information content (AvgIpc) is 3.55. The molecule has 0 bridgehead atoms. The first kappa shape index (κ1) is 20.5. The first-order valence-electron chi connectivity index (χ1n) is 10.8. The summed E-state index contributed by atoms with van der Waals surface area (Å²) < 4.78 is 0. The first-order chi connectivity index (χ1) is 13.0. The van der Waals surface area contributed by atoms with Crippen LogP contribution in [0.15, 0.2) is 12.2 Å². The van der Waals surface area contributed by atoms with E-state index in [-0.39, 0.29) is 24.0 Å². The van der Waals surface area contributed by atoms with Gasteiger partial charge in [0.1, 0.15) is 0 Å². The molecule has 2 aliphatic carbocycles. The van der Waals surface area contributed by atoms with Gasteiger partial charge in [0.25, 0.3) is 0 Å². The number of nitrogens with zero attached hydrogens (tertiary/aromatic N) is 1. The van der Waals surface area contributed by atoms with E-state index in [0.717, 1.165) is 44.7 Å². The predicted molar refractivity (Wildman–Crippen MR) is 104 cm³/mol. The summed E-state index contributed by atoms with van der Waals surface area (Å²) >= 11 is 0. The maximum Gasteiger partial charge on any atom is 0.303 e. The third kappa shape index (κ3) is 6.15. The molecule has 0 radical (unpaired) electrons. The predicted octanol–water partition coefficient (Wildman–Crippen LogP) is 3.55. The molecule has 1 aliphatic heterocycles. The van der Waals surface area contributed by atoms with E-state index in [4.69, 9.17) is 5.11 Å². The Bertz CT molecular complexity index is 551. The van der Waals surface area contributed by atoms with Crippen LogP contribution in [0.2, 0.25) is 0 Å². The number of Topliss-reactive ketones (excluding diaryl/α,β-unsaturated/α-hetero) is 1. The molecule has 3 fully saturated rings. The van der Waals surface area contributed by atoms with Gasteiger partial charge >= 0.3 is 5.97 Å². The van der Waals surface area contributed by atoms with Crippen LogP contribution in [0.25, 0.3) is 0 Å². The Hall–Kier alpha value is -1.20. The largest absolute Gasteiger partial charge is 0.481 e. The van der Waals surface area contributed by atoms with E-state index in [0.29, 0.717) is 18.6 Å². The van der Waals surface area contributed by atoms with Crippen LogP contribution in [0, 0.1) is 11.3 Å². The number of carbonyl (C=O) groups is 2. The van der Waals surface area contributed by atoms with E-state index in [1.165, 1.54) is 32.1 Å². The van der Waals surface area contributed by atoms with Crippen molar-refractivity contribution in [2.45, 2.75) is 89.2 Å². The molecule has 2 atom stereocenters. The average molecular weight is 378 g/mol. The number of hydrogen-bond donors (Lipinski definition) is 2. The summed E-state index contributed by atoms with van der Waals surface area (Å²) in [6.07, 6.45) is 15.0. The molecule has 0 amide bonds. The van der Waals surface area contributed by atoms with Crippen LogP contribution in [0.5, 0.6) is 0 Å². The van der Waals surface area contributed by atoms with Crippen LogP contribution >= 0.6 is 0 Å². The zero-order valence-electron chi connectivity index (χ0n) is 16.4. The Labute approximate surface area is 162 Å². The monoisotopic (exact) mass is 377 g/mol. The van der Waals surface area contributed by atoms with Gasteiger partial charge in [-0.3, -0.25) is 14.5 Å². The Balaban J connectivity index is 1.35. The fraction of sp³-hybridized carbons (Fsp3) is 0.818. The summed E-state index contributed by atoms with van der Waals surface area (Å²) in [6.45, 7) is 1.72.